The number of nitrogens with two attached hydrogens (primary N) is 1. The lowest BCUT2D eigenvalue weighted by Gasteiger charge is -2.34. The van der Waals surface area contributed by atoms with Gasteiger partial charge in [0.15, 0.2) is 0 Å². The topological polar surface area (TPSA) is 58.4 Å². The molecule has 0 bridgehead atoms. The van der Waals surface area contributed by atoms with Crippen LogP contribution in [0.1, 0.15) is 18.4 Å². The van der Waals surface area contributed by atoms with Crippen molar-refractivity contribution in [1.82, 2.24) is 10.2 Å². The first-order chi connectivity index (χ1) is 9.56. The number of nitrogens with one attached hydrogen (secondary N) is 1. The fourth-order valence-electron chi connectivity index (χ4n) is 2.57. The van der Waals surface area contributed by atoms with Gasteiger partial charge in [-0.25, -0.2) is 4.39 Å². The Labute approximate surface area is 123 Å². The Bertz CT molecular complexity index is 477. The summed E-state index contributed by atoms with van der Waals surface area (Å²) in [5.41, 5.74) is 6.00. The lowest BCUT2D eigenvalue weighted by molar-refractivity contribution is -0.120. The highest BCUT2D eigenvalue weighted by atomic mass is 35.5. The van der Waals surface area contributed by atoms with Gasteiger partial charge < -0.3 is 11.1 Å². The van der Waals surface area contributed by atoms with Gasteiger partial charge >= 0.3 is 0 Å². The maximum Gasteiger partial charge on any atom is 0.231 e. The Morgan fingerprint density at radius 2 is 2.15 bits per heavy atom. The summed E-state index contributed by atoms with van der Waals surface area (Å²) in [7, 11) is 0. The lowest BCUT2D eigenvalue weighted by Crippen LogP contribution is -2.46. The predicted octanol–water partition coefficient (Wildman–Crippen LogP) is 1.52. The van der Waals surface area contributed by atoms with Crippen LogP contribution in [0.3, 0.4) is 0 Å². The quantitative estimate of drug-likeness (QED) is 0.867. The molecule has 1 amide bonds. The normalized spacial score (nSPS) is 16.6. The van der Waals surface area contributed by atoms with Gasteiger partial charge in [-0.05, 0) is 49.7 Å². The van der Waals surface area contributed by atoms with Crippen LogP contribution in [0, 0.1) is 5.82 Å². The van der Waals surface area contributed by atoms with Gasteiger partial charge in [0.05, 0.1) is 6.54 Å². The summed E-state index contributed by atoms with van der Waals surface area (Å²) in [6.45, 7) is 2.43. The molecule has 0 spiro atoms. The molecule has 0 atom stereocenters. The van der Waals surface area contributed by atoms with E-state index in [4.69, 9.17) is 17.3 Å². The monoisotopic (exact) mass is 299 g/mol. The van der Waals surface area contributed by atoms with Gasteiger partial charge in [-0.3, -0.25) is 9.69 Å². The van der Waals surface area contributed by atoms with Crippen LogP contribution >= 0.6 is 11.6 Å². The Balaban J connectivity index is 2.13. The van der Waals surface area contributed by atoms with E-state index < -0.39 is 0 Å². The van der Waals surface area contributed by atoms with E-state index in [0.29, 0.717) is 17.1 Å². The minimum atomic E-state index is -0.379. The number of carbonyl (C=O) groups is 1. The third-order valence-electron chi connectivity index (χ3n) is 3.57. The zero-order valence-electron chi connectivity index (χ0n) is 11.2. The number of hydrogen-bond donors (Lipinski definition) is 2. The molecule has 0 aliphatic carbocycles. The van der Waals surface area contributed by atoms with E-state index >= 15 is 0 Å². The van der Waals surface area contributed by atoms with E-state index in [1.165, 1.54) is 18.2 Å². The second-order valence-corrected chi connectivity index (χ2v) is 5.50. The molecule has 0 unspecified atom stereocenters. The highest BCUT2D eigenvalue weighted by Crippen LogP contribution is 2.22. The number of nitrogens with zero attached hydrogens (tertiary/aromatic N) is 1. The first-order valence-electron chi connectivity index (χ1n) is 6.73. The van der Waals surface area contributed by atoms with Crippen molar-refractivity contribution in [3.63, 3.8) is 0 Å². The molecule has 3 N–H and O–H groups in total. The largest absolute Gasteiger partial charge is 0.369 e. The molecule has 1 aromatic rings. The zero-order chi connectivity index (χ0) is 14.5. The number of amides is 1. The first-order valence-corrected chi connectivity index (χ1v) is 7.11. The summed E-state index contributed by atoms with van der Waals surface area (Å²) in [5, 5.41) is 3.79. The van der Waals surface area contributed by atoms with E-state index in [1.54, 1.807) is 0 Å². The predicted molar refractivity (Wildman–Crippen MR) is 76.9 cm³/mol. The molecule has 6 heteroatoms. The fraction of sp³-hybridized carbons (Fsp3) is 0.500. The summed E-state index contributed by atoms with van der Waals surface area (Å²) < 4.78 is 13.3. The maximum absolute atomic E-state index is 13.3. The Morgan fingerprint density at radius 1 is 1.45 bits per heavy atom. The lowest BCUT2D eigenvalue weighted by atomic mass is 10.0. The van der Waals surface area contributed by atoms with Crippen LogP contribution in [-0.4, -0.2) is 36.5 Å². The van der Waals surface area contributed by atoms with E-state index in [9.17, 15) is 9.18 Å². The van der Waals surface area contributed by atoms with Gasteiger partial charge in [0.2, 0.25) is 5.91 Å². The molecular formula is C14H19ClFN3O. The second-order valence-electron chi connectivity index (χ2n) is 5.09. The number of rotatable bonds is 5. The van der Waals surface area contributed by atoms with Crippen molar-refractivity contribution in [2.24, 2.45) is 5.73 Å². The number of piperidine rings is 1. The van der Waals surface area contributed by atoms with Crippen molar-refractivity contribution in [3.05, 3.63) is 34.6 Å². The van der Waals surface area contributed by atoms with Gasteiger partial charge in [-0.2, -0.15) is 0 Å². The minimum Gasteiger partial charge on any atom is -0.369 e. The molecular weight excluding hydrogens is 281 g/mol. The van der Waals surface area contributed by atoms with Crippen LogP contribution in [-0.2, 0) is 11.3 Å². The molecule has 0 saturated carbocycles. The number of primary amides is 1. The minimum absolute atomic E-state index is 0.164. The Hall–Kier alpha value is -1.17. The van der Waals surface area contributed by atoms with Gasteiger partial charge in [-0.15, -0.1) is 0 Å². The molecule has 1 aliphatic rings. The van der Waals surface area contributed by atoms with E-state index in [1.807, 2.05) is 4.90 Å². The summed E-state index contributed by atoms with van der Waals surface area (Å²) in [4.78, 5) is 13.2. The van der Waals surface area contributed by atoms with Crippen molar-refractivity contribution in [3.8, 4) is 0 Å². The molecule has 1 aromatic carbocycles. The molecule has 0 aromatic heterocycles. The molecule has 1 heterocycles. The summed E-state index contributed by atoms with van der Waals surface area (Å²) in [6, 6.07) is 4.55. The standard InChI is InChI=1S/C14H19ClFN3O/c15-13-2-1-11(16)7-10(13)8-19(9-14(17)20)12-3-5-18-6-4-12/h1-2,7,12,18H,3-6,8-9H2,(H2,17,20). The Morgan fingerprint density at radius 3 is 2.80 bits per heavy atom. The van der Waals surface area contributed by atoms with Crippen LogP contribution in [0.4, 0.5) is 4.39 Å². The number of carbonyl (C=O) groups excluding carboxylic acids is 1. The number of hydrogen-bond acceptors (Lipinski definition) is 3. The van der Waals surface area contributed by atoms with Crippen molar-refractivity contribution in [2.75, 3.05) is 19.6 Å². The highest BCUT2D eigenvalue weighted by molar-refractivity contribution is 6.31. The van der Waals surface area contributed by atoms with Crippen molar-refractivity contribution in [2.45, 2.75) is 25.4 Å². The van der Waals surface area contributed by atoms with Crippen LogP contribution in [0.5, 0.6) is 0 Å². The summed E-state index contributed by atoms with van der Waals surface area (Å²) in [5.74, 6) is -0.704. The van der Waals surface area contributed by atoms with Gasteiger partial charge in [0.1, 0.15) is 5.82 Å². The zero-order valence-corrected chi connectivity index (χ0v) is 12.0. The molecule has 20 heavy (non-hydrogen) atoms. The Kier molecular flexibility index (Phi) is 5.34. The van der Waals surface area contributed by atoms with Gasteiger partial charge in [0.25, 0.3) is 0 Å². The smallest absolute Gasteiger partial charge is 0.231 e. The molecule has 0 radical (unpaired) electrons. The molecule has 1 fully saturated rings. The molecule has 1 saturated heterocycles. The van der Waals surface area contributed by atoms with Crippen LogP contribution < -0.4 is 11.1 Å². The SMILES string of the molecule is NC(=O)CN(Cc1cc(F)ccc1Cl)C1CCNCC1. The van der Waals surface area contributed by atoms with E-state index in [2.05, 4.69) is 5.32 Å². The summed E-state index contributed by atoms with van der Waals surface area (Å²) in [6.07, 6.45) is 1.89. The van der Waals surface area contributed by atoms with Crippen molar-refractivity contribution >= 4 is 17.5 Å². The molecule has 2 rings (SSSR count). The molecule has 1 aliphatic heterocycles. The third kappa shape index (κ3) is 4.16. The fourth-order valence-corrected chi connectivity index (χ4v) is 2.75. The van der Waals surface area contributed by atoms with Crippen LogP contribution in [0.2, 0.25) is 5.02 Å². The van der Waals surface area contributed by atoms with E-state index in [0.717, 1.165) is 25.9 Å². The van der Waals surface area contributed by atoms with Gasteiger partial charge in [0, 0.05) is 17.6 Å². The van der Waals surface area contributed by atoms with Crippen LogP contribution in [0.25, 0.3) is 0 Å². The third-order valence-corrected chi connectivity index (χ3v) is 3.93. The number of halogens is 2. The molecule has 4 nitrogen and oxygen atoms in total. The van der Waals surface area contributed by atoms with Crippen LogP contribution in [0.15, 0.2) is 18.2 Å². The maximum atomic E-state index is 13.3. The van der Waals surface area contributed by atoms with Crippen molar-refractivity contribution < 1.29 is 9.18 Å². The highest BCUT2D eigenvalue weighted by Gasteiger charge is 2.23. The molecule has 110 valence electrons. The van der Waals surface area contributed by atoms with Crippen molar-refractivity contribution in [1.29, 1.82) is 0 Å². The van der Waals surface area contributed by atoms with Gasteiger partial charge in [-0.1, -0.05) is 11.6 Å². The second kappa shape index (κ2) is 7.02. The summed E-state index contributed by atoms with van der Waals surface area (Å²) >= 11 is 6.09. The number of benzene rings is 1. The van der Waals surface area contributed by atoms with E-state index in [-0.39, 0.29) is 24.3 Å². The first kappa shape index (κ1) is 15.2. The average molecular weight is 300 g/mol. The average Bonchev–Trinajstić information content (AvgIpc) is 2.42.